The van der Waals surface area contributed by atoms with Crippen molar-refractivity contribution >= 4 is 46.3 Å². The van der Waals surface area contributed by atoms with Gasteiger partial charge in [-0.1, -0.05) is 104 Å². The summed E-state index contributed by atoms with van der Waals surface area (Å²) in [6, 6.07) is 6.44. The van der Waals surface area contributed by atoms with Gasteiger partial charge >= 0.3 is 10.4 Å². The fourth-order valence-electron chi connectivity index (χ4n) is 4.41. The van der Waals surface area contributed by atoms with Gasteiger partial charge in [-0.15, -0.1) is 0 Å². The molecule has 0 aliphatic heterocycles. The Bertz CT molecular complexity index is 1530. The number of unbranched alkanes of at least 4 members (excludes halogenated alkanes) is 6. The van der Waals surface area contributed by atoms with Crippen LogP contribution in [0.4, 0.5) is 0 Å². The molecule has 0 fully saturated rings. The van der Waals surface area contributed by atoms with E-state index >= 15 is 0 Å². The number of hydrogen-bond donors (Lipinski definition) is 9. The van der Waals surface area contributed by atoms with Crippen molar-refractivity contribution in [3.8, 4) is 11.4 Å². The lowest BCUT2D eigenvalue weighted by atomic mass is 9.94. The van der Waals surface area contributed by atoms with Gasteiger partial charge in [0.15, 0.2) is 0 Å². The summed E-state index contributed by atoms with van der Waals surface area (Å²) in [5.41, 5.74) is 1.07. The number of hydrogen-bond acceptors (Lipinski definition) is 9. The van der Waals surface area contributed by atoms with Crippen LogP contribution in [0.2, 0.25) is 13.6 Å². The fraction of sp³-hybridized carbons (Fsp3) is 0.613. The molecule has 0 saturated carbocycles. The van der Waals surface area contributed by atoms with Gasteiger partial charge in [-0.05, 0) is 49.9 Å². The summed E-state index contributed by atoms with van der Waals surface area (Å²) in [7, 11) is -4.65. The maximum absolute atomic E-state index is 11.9. The number of aryl methyl sites for hydroxylation is 1. The third kappa shape index (κ3) is 30.0. The first-order valence-electron chi connectivity index (χ1n) is 16.6. The fourth-order valence-corrected chi connectivity index (χ4v) is 5.81. The molecule has 0 spiro atoms. The zero-order valence-corrected chi connectivity index (χ0v) is 33.7. The molecule has 3 rings (SSSR count). The van der Waals surface area contributed by atoms with Crippen LogP contribution in [0.5, 0.6) is 0 Å². The van der Waals surface area contributed by atoms with Crippen molar-refractivity contribution in [1.29, 1.82) is 0 Å². The van der Waals surface area contributed by atoms with Crippen LogP contribution in [0.15, 0.2) is 46.5 Å². The number of aromatic amines is 3. The van der Waals surface area contributed by atoms with Gasteiger partial charge in [0.05, 0.1) is 27.1 Å². The van der Waals surface area contributed by atoms with Crippen LogP contribution in [0.1, 0.15) is 116 Å². The molecule has 0 aliphatic rings. The van der Waals surface area contributed by atoms with E-state index in [1.165, 1.54) is 65.2 Å². The van der Waals surface area contributed by atoms with Crippen LogP contribution >= 0.6 is 0 Å². The van der Waals surface area contributed by atoms with Gasteiger partial charge in [-0.3, -0.25) is 18.2 Å². The van der Waals surface area contributed by atoms with Crippen LogP contribution in [0.25, 0.3) is 11.4 Å². The van der Waals surface area contributed by atoms with Crippen molar-refractivity contribution in [3.05, 3.63) is 48.0 Å². The SMILES string of the molecule is CCCCC(CCC)c1cc(S(=O)(=O)O)c(-c2cc(S(=O)(=O)O)c(C)[nH]2)[nH]1.CCCCCCCC.O=S(=O)(O)O.OOO.[B]C.[B]C.c1cc[nH]c1. The zero-order chi connectivity index (χ0) is 41.4. The van der Waals surface area contributed by atoms with E-state index in [1.807, 2.05) is 31.5 Å². The van der Waals surface area contributed by atoms with Crippen LogP contribution in [-0.2, 0) is 35.7 Å². The summed E-state index contributed by atoms with van der Waals surface area (Å²) < 4.78 is 97.2. The molecular weight excluding hydrogens is 740 g/mol. The second kappa shape index (κ2) is 33.1. The second-order valence-corrected chi connectivity index (χ2v) is 14.2. The molecule has 0 amide bonds. The molecule has 0 bridgehead atoms. The minimum Gasteiger partial charge on any atom is -0.368 e. The second-order valence-electron chi connectivity index (χ2n) is 10.5. The minimum atomic E-state index is -4.67. The number of H-pyrrole nitrogens is 3. The molecule has 0 saturated heterocycles. The summed E-state index contributed by atoms with van der Waals surface area (Å²) in [5, 5.41) is 15.5. The quantitative estimate of drug-likeness (QED) is 0.0246. The number of aromatic nitrogens is 3. The predicted molar refractivity (Wildman–Crippen MR) is 206 cm³/mol. The Morgan fingerprint density at radius 2 is 1.08 bits per heavy atom. The van der Waals surface area contributed by atoms with E-state index in [9.17, 15) is 25.9 Å². The molecule has 52 heavy (non-hydrogen) atoms. The third-order valence-corrected chi connectivity index (χ3v) is 8.39. The van der Waals surface area contributed by atoms with Gasteiger partial charge < -0.3 is 15.0 Å². The summed E-state index contributed by atoms with van der Waals surface area (Å²) >= 11 is 0. The van der Waals surface area contributed by atoms with E-state index in [-0.39, 0.29) is 32.8 Å². The summed E-state index contributed by atoms with van der Waals surface area (Å²) in [4.78, 5) is 8.00. The number of rotatable bonds is 14. The zero-order valence-electron chi connectivity index (χ0n) is 31.2. The Labute approximate surface area is 313 Å². The lowest BCUT2D eigenvalue weighted by molar-refractivity contribution is -0.465. The largest absolute Gasteiger partial charge is 0.394 e. The lowest BCUT2D eigenvalue weighted by Gasteiger charge is -2.14. The highest BCUT2D eigenvalue weighted by Crippen LogP contribution is 2.35. The lowest BCUT2D eigenvalue weighted by Crippen LogP contribution is -1.99. The molecule has 3 aromatic rings. The maximum Gasteiger partial charge on any atom is 0.394 e. The van der Waals surface area contributed by atoms with E-state index in [1.54, 1.807) is 0 Å². The standard InChI is InChI=1S/C17H26N2O6S2.C8H18.C4H5N.2CH3B.H2O4S.H2O3/c1-4-6-8-12(7-5-2)13-9-16(27(23,24)25)17(19-13)14-10-15(11(3)18-14)26(20,21)22;1-3-5-7-8-6-4-2;1-2-4-5-3-1;2*1-2;1-5(2,3)4;1-3-2/h9-10,12,18-19H,4-8H2,1-3H3,(H,20,21,22)(H,23,24,25);3-8H2,1-2H3;1-5H;2*1H3;(H2,1,2,3,4);1-2H. The topological polar surface area (TPSA) is 280 Å². The third-order valence-electron chi connectivity index (χ3n) is 6.53. The monoisotopic (exact) mass is 799 g/mol. The minimum absolute atomic E-state index is 0.0723. The Balaban J connectivity index is -0.000000372. The average Bonchev–Trinajstić information content (AvgIpc) is 3.85. The van der Waals surface area contributed by atoms with Crippen LogP contribution in [0, 0.1) is 6.92 Å². The van der Waals surface area contributed by atoms with E-state index < -0.39 is 30.6 Å². The molecule has 0 aliphatic carbocycles. The Kier molecular flexibility index (Phi) is 35.9. The van der Waals surface area contributed by atoms with Gasteiger partial charge in [-0.2, -0.15) is 25.3 Å². The van der Waals surface area contributed by atoms with Gasteiger partial charge in [0.25, 0.3) is 20.2 Å². The van der Waals surface area contributed by atoms with Crippen LogP contribution in [-0.4, -0.2) is 84.6 Å². The van der Waals surface area contributed by atoms with Crippen molar-refractivity contribution in [2.24, 2.45) is 0 Å². The first kappa shape index (κ1) is 56.3. The normalized spacial score (nSPS) is 11.1. The van der Waals surface area contributed by atoms with E-state index in [4.69, 9.17) is 28.0 Å². The molecule has 300 valence electrons. The molecule has 16 nitrogen and oxygen atoms in total. The maximum atomic E-state index is 11.9. The Morgan fingerprint density at radius 1 is 0.654 bits per heavy atom. The highest BCUT2D eigenvalue weighted by Gasteiger charge is 2.26. The molecule has 3 aromatic heterocycles. The van der Waals surface area contributed by atoms with E-state index in [0.29, 0.717) is 5.69 Å². The molecule has 3 heterocycles. The number of nitrogens with one attached hydrogen (secondary N) is 3. The van der Waals surface area contributed by atoms with Gasteiger partial charge in [0.1, 0.15) is 9.79 Å². The first-order chi connectivity index (χ1) is 24.3. The van der Waals surface area contributed by atoms with Gasteiger partial charge in [0.2, 0.25) is 0 Å². The van der Waals surface area contributed by atoms with Gasteiger partial charge in [0, 0.05) is 23.8 Å². The van der Waals surface area contributed by atoms with E-state index in [0.717, 1.165) is 38.2 Å². The van der Waals surface area contributed by atoms with E-state index in [2.05, 4.69) is 56.5 Å². The Morgan fingerprint density at radius 3 is 1.38 bits per heavy atom. The molecule has 9 N–H and O–H groups in total. The highest BCUT2D eigenvalue weighted by atomic mass is 32.3. The van der Waals surface area contributed by atoms with Crippen molar-refractivity contribution < 1.29 is 59.0 Å². The summed E-state index contributed by atoms with van der Waals surface area (Å²) in [5.74, 6) is 0.0984. The molecule has 0 aromatic carbocycles. The first-order valence-corrected chi connectivity index (χ1v) is 20.9. The molecule has 21 heteroatoms. The Hall–Kier alpha value is -2.46. The van der Waals surface area contributed by atoms with Crippen molar-refractivity contribution in [3.63, 3.8) is 0 Å². The predicted octanol–water partition coefficient (Wildman–Crippen LogP) is 7.97. The van der Waals surface area contributed by atoms with Gasteiger partial charge in [-0.25, -0.2) is 10.5 Å². The molecule has 4 radical (unpaired) electrons. The smallest absolute Gasteiger partial charge is 0.368 e. The van der Waals surface area contributed by atoms with Crippen LogP contribution in [0.3, 0.4) is 0 Å². The van der Waals surface area contributed by atoms with Crippen molar-refractivity contribution in [1.82, 2.24) is 15.0 Å². The molecule has 1 atom stereocenters. The summed E-state index contributed by atoms with van der Waals surface area (Å²) in [6.07, 6.45) is 16.9. The highest BCUT2D eigenvalue weighted by molar-refractivity contribution is 7.86. The molecule has 1 unspecified atom stereocenters. The van der Waals surface area contributed by atoms with Crippen LogP contribution < -0.4 is 0 Å². The van der Waals surface area contributed by atoms with Crippen molar-refractivity contribution in [2.45, 2.75) is 135 Å². The summed E-state index contributed by atoms with van der Waals surface area (Å²) in [6.45, 7) is 13.1. The molecular formula is C31H59B2N3O13S3. The average molecular weight is 800 g/mol. The van der Waals surface area contributed by atoms with Crippen molar-refractivity contribution in [2.75, 3.05) is 0 Å².